The van der Waals surface area contributed by atoms with Gasteiger partial charge in [0.25, 0.3) is 5.91 Å². The molecule has 0 radical (unpaired) electrons. The number of carbonyl (C=O) groups excluding carboxylic acids is 1. The van der Waals surface area contributed by atoms with Crippen LogP contribution in [0.4, 0.5) is 0 Å². The van der Waals surface area contributed by atoms with E-state index in [0.717, 1.165) is 0 Å². The van der Waals surface area contributed by atoms with Crippen molar-refractivity contribution in [3.8, 4) is 0 Å². The van der Waals surface area contributed by atoms with Gasteiger partial charge in [0.15, 0.2) is 0 Å². The summed E-state index contributed by atoms with van der Waals surface area (Å²) >= 11 is 12.0. The van der Waals surface area contributed by atoms with Crippen molar-refractivity contribution in [2.45, 2.75) is 26.1 Å². The lowest BCUT2D eigenvalue weighted by Gasteiger charge is -2.35. The van der Waals surface area contributed by atoms with Crippen molar-refractivity contribution >= 4 is 29.1 Å². The Bertz CT molecular complexity index is 454. The first-order chi connectivity index (χ1) is 8.49. The van der Waals surface area contributed by atoms with E-state index in [2.05, 4.69) is 0 Å². The van der Waals surface area contributed by atoms with Crippen molar-refractivity contribution in [1.82, 2.24) is 4.90 Å². The maximum Gasteiger partial charge on any atom is 0.255 e. The first-order valence-electron chi connectivity index (χ1n) is 5.87. The number of amides is 1. The number of carbonyl (C=O) groups is 1. The standard InChI is InChI=1S/C13H15Cl2NO2/c1-8-6-16(7-9(2)18-8)13(17)10-4-3-5-11(14)12(10)15/h3-5,8-9H,6-7H2,1-2H3. The fourth-order valence-corrected chi connectivity index (χ4v) is 2.56. The summed E-state index contributed by atoms with van der Waals surface area (Å²) in [5, 5.41) is 0.716. The minimum absolute atomic E-state index is 0.0376. The van der Waals surface area contributed by atoms with Crippen molar-refractivity contribution in [3.63, 3.8) is 0 Å². The predicted molar refractivity (Wildman–Crippen MR) is 72.4 cm³/mol. The van der Waals surface area contributed by atoms with Gasteiger partial charge in [-0.2, -0.15) is 0 Å². The van der Waals surface area contributed by atoms with Crippen LogP contribution < -0.4 is 0 Å². The highest BCUT2D eigenvalue weighted by molar-refractivity contribution is 6.43. The van der Waals surface area contributed by atoms with E-state index in [0.29, 0.717) is 28.7 Å². The number of rotatable bonds is 1. The van der Waals surface area contributed by atoms with E-state index in [1.54, 1.807) is 23.1 Å². The van der Waals surface area contributed by atoms with Crippen molar-refractivity contribution in [2.24, 2.45) is 0 Å². The number of nitrogens with zero attached hydrogens (tertiary/aromatic N) is 1. The Balaban J connectivity index is 2.23. The highest BCUT2D eigenvalue weighted by Crippen LogP contribution is 2.27. The van der Waals surface area contributed by atoms with E-state index in [4.69, 9.17) is 27.9 Å². The van der Waals surface area contributed by atoms with Crippen LogP contribution in [0.15, 0.2) is 18.2 Å². The SMILES string of the molecule is CC1CN(C(=O)c2cccc(Cl)c2Cl)CC(C)O1. The molecule has 1 heterocycles. The zero-order chi connectivity index (χ0) is 13.3. The summed E-state index contributed by atoms with van der Waals surface area (Å²) in [6.45, 7) is 5.06. The van der Waals surface area contributed by atoms with Crippen LogP contribution in [-0.2, 0) is 4.74 Å². The molecule has 2 unspecified atom stereocenters. The van der Waals surface area contributed by atoms with Crippen LogP contribution in [0.25, 0.3) is 0 Å². The molecular weight excluding hydrogens is 273 g/mol. The number of benzene rings is 1. The summed E-state index contributed by atoms with van der Waals surface area (Å²) in [6.07, 6.45) is 0.0753. The van der Waals surface area contributed by atoms with E-state index >= 15 is 0 Å². The third kappa shape index (κ3) is 2.79. The van der Waals surface area contributed by atoms with E-state index < -0.39 is 0 Å². The Morgan fingerprint density at radius 3 is 2.50 bits per heavy atom. The van der Waals surface area contributed by atoms with Gasteiger partial charge in [-0.3, -0.25) is 4.79 Å². The molecule has 0 saturated carbocycles. The minimum atomic E-state index is -0.0931. The van der Waals surface area contributed by atoms with Gasteiger partial charge in [-0.25, -0.2) is 0 Å². The lowest BCUT2D eigenvalue weighted by Crippen LogP contribution is -2.48. The van der Waals surface area contributed by atoms with Gasteiger partial charge in [0, 0.05) is 13.1 Å². The molecule has 98 valence electrons. The van der Waals surface area contributed by atoms with E-state index in [1.807, 2.05) is 13.8 Å². The first kappa shape index (κ1) is 13.7. The lowest BCUT2D eigenvalue weighted by molar-refractivity contribution is -0.0586. The third-order valence-electron chi connectivity index (χ3n) is 2.89. The Morgan fingerprint density at radius 2 is 1.89 bits per heavy atom. The fourth-order valence-electron chi connectivity index (χ4n) is 2.18. The molecular formula is C13H15Cl2NO2. The van der Waals surface area contributed by atoms with Crippen LogP contribution in [0, 0.1) is 0 Å². The molecule has 1 amide bonds. The number of hydrogen-bond donors (Lipinski definition) is 0. The third-order valence-corrected chi connectivity index (χ3v) is 3.71. The van der Waals surface area contributed by atoms with Crippen molar-refractivity contribution in [1.29, 1.82) is 0 Å². The molecule has 18 heavy (non-hydrogen) atoms. The molecule has 0 N–H and O–H groups in total. The molecule has 0 aliphatic carbocycles. The van der Waals surface area contributed by atoms with Crippen LogP contribution in [0.5, 0.6) is 0 Å². The Kier molecular flexibility index (Phi) is 4.15. The number of ether oxygens (including phenoxy) is 1. The van der Waals surface area contributed by atoms with E-state index in [-0.39, 0.29) is 18.1 Å². The normalized spacial score (nSPS) is 24.1. The Hall–Kier alpha value is -0.770. The summed E-state index contributed by atoms with van der Waals surface area (Å²) in [6, 6.07) is 5.10. The number of hydrogen-bond acceptors (Lipinski definition) is 2. The topological polar surface area (TPSA) is 29.5 Å². The molecule has 2 atom stereocenters. The molecule has 1 saturated heterocycles. The molecule has 5 heteroatoms. The predicted octanol–water partition coefficient (Wildman–Crippen LogP) is 3.24. The van der Waals surface area contributed by atoms with Crippen LogP contribution in [0.3, 0.4) is 0 Å². The van der Waals surface area contributed by atoms with E-state index in [9.17, 15) is 4.79 Å². The monoisotopic (exact) mass is 287 g/mol. The second-order valence-electron chi connectivity index (χ2n) is 4.57. The average Bonchev–Trinajstić information content (AvgIpc) is 2.30. The van der Waals surface area contributed by atoms with Crippen LogP contribution in [0.1, 0.15) is 24.2 Å². The molecule has 1 aromatic carbocycles. The summed E-state index contributed by atoms with van der Waals surface area (Å²) in [5.41, 5.74) is 0.450. The van der Waals surface area contributed by atoms with Crippen molar-refractivity contribution < 1.29 is 9.53 Å². The molecule has 1 aliphatic heterocycles. The first-order valence-corrected chi connectivity index (χ1v) is 6.63. The van der Waals surface area contributed by atoms with Gasteiger partial charge in [-0.1, -0.05) is 29.3 Å². The Labute approximate surface area is 117 Å². The fraction of sp³-hybridized carbons (Fsp3) is 0.462. The molecule has 1 aromatic rings. The quantitative estimate of drug-likeness (QED) is 0.794. The molecule has 2 rings (SSSR count). The molecule has 3 nitrogen and oxygen atoms in total. The second-order valence-corrected chi connectivity index (χ2v) is 5.35. The lowest BCUT2D eigenvalue weighted by atomic mass is 10.1. The van der Waals surface area contributed by atoms with Gasteiger partial charge in [-0.05, 0) is 26.0 Å². The van der Waals surface area contributed by atoms with Crippen molar-refractivity contribution in [2.75, 3.05) is 13.1 Å². The van der Waals surface area contributed by atoms with Crippen LogP contribution in [-0.4, -0.2) is 36.1 Å². The zero-order valence-electron chi connectivity index (χ0n) is 10.3. The van der Waals surface area contributed by atoms with Crippen molar-refractivity contribution in [3.05, 3.63) is 33.8 Å². The average molecular weight is 288 g/mol. The van der Waals surface area contributed by atoms with Gasteiger partial charge in [0.1, 0.15) is 0 Å². The molecule has 1 aliphatic rings. The maximum absolute atomic E-state index is 12.4. The molecule has 0 aromatic heterocycles. The molecule has 0 bridgehead atoms. The summed E-state index contributed by atoms with van der Waals surface area (Å²) in [4.78, 5) is 14.2. The van der Waals surface area contributed by atoms with Gasteiger partial charge >= 0.3 is 0 Å². The van der Waals surface area contributed by atoms with Gasteiger partial charge in [0.05, 0.1) is 27.8 Å². The highest BCUT2D eigenvalue weighted by Gasteiger charge is 2.27. The van der Waals surface area contributed by atoms with E-state index in [1.165, 1.54) is 0 Å². The summed E-state index contributed by atoms with van der Waals surface area (Å²) < 4.78 is 5.60. The zero-order valence-corrected chi connectivity index (χ0v) is 11.8. The van der Waals surface area contributed by atoms with Gasteiger partial charge < -0.3 is 9.64 Å². The largest absolute Gasteiger partial charge is 0.372 e. The van der Waals surface area contributed by atoms with Crippen LogP contribution in [0.2, 0.25) is 10.0 Å². The minimum Gasteiger partial charge on any atom is -0.372 e. The summed E-state index contributed by atoms with van der Waals surface area (Å²) in [5.74, 6) is -0.0931. The molecule has 0 spiro atoms. The van der Waals surface area contributed by atoms with Gasteiger partial charge in [0.2, 0.25) is 0 Å². The second kappa shape index (κ2) is 5.47. The number of halogens is 2. The maximum atomic E-state index is 12.4. The summed E-state index contributed by atoms with van der Waals surface area (Å²) in [7, 11) is 0. The van der Waals surface area contributed by atoms with Gasteiger partial charge in [-0.15, -0.1) is 0 Å². The smallest absolute Gasteiger partial charge is 0.255 e. The Morgan fingerprint density at radius 1 is 1.28 bits per heavy atom. The number of morpholine rings is 1. The van der Waals surface area contributed by atoms with Crippen LogP contribution >= 0.6 is 23.2 Å². The molecule has 1 fully saturated rings. The highest BCUT2D eigenvalue weighted by atomic mass is 35.5.